The van der Waals surface area contributed by atoms with Gasteiger partial charge in [0.15, 0.2) is 0 Å². The summed E-state index contributed by atoms with van der Waals surface area (Å²) in [4.78, 5) is 34.6. The van der Waals surface area contributed by atoms with Crippen molar-refractivity contribution >= 4 is 11.8 Å². The molecule has 0 spiro atoms. The summed E-state index contributed by atoms with van der Waals surface area (Å²) in [7, 11) is 0. The molecule has 2 aliphatic heterocycles. The maximum absolute atomic E-state index is 13.5. The van der Waals surface area contributed by atoms with Gasteiger partial charge < -0.3 is 14.4 Å². The number of rotatable bonds is 3. The highest BCUT2D eigenvalue weighted by molar-refractivity contribution is 5.96. The average Bonchev–Trinajstić information content (AvgIpc) is 3.05. The van der Waals surface area contributed by atoms with Crippen LogP contribution in [0.1, 0.15) is 45.8 Å². The minimum Gasteiger partial charge on any atom is -0.335 e. The van der Waals surface area contributed by atoms with Crippen molar-refractivity contribution in [2.75, 3.05) is 26.2 Å². The molecule has 0 unspecified atom stereocenters. The van der Waals surface area contributed by atoms with E-state index >= 15 is 0 Å². The van der Waals surface area contributed by atoms with Gasteiger partial charge in [-0.1, -0.05) is 24.6 Å². The van der Waals surface area contributed by atoms with E-state index in [1.54, 1.807) is 21.9 Å². The molecule has 1 saturated heterocycles. The largest absolute Gasteiger partial charge is 0.335 e. The first-order valence-electron chi connectivity index (χ1n) is 11.6. The second kappa shape index (κ2) is 9.17. The van der Waals surface area contributed by atoms with Crippen molar-refractivity contribution in [3.63, 3.8) is 0 Å². The van der Waals surface area contributed by atoms with E-state index < -0.39 is 0 Å². The highest BCUT2D eigenvalue weighted by atomic mass is 19.1. The summed E-state index contributed by atoms with van der Waals surface area (Å²) in [5.74, 6) is 0.353. The predicted molar refractivity (Wildman–Crippen MR) is 123 cm³/mol. The fourth-order valence-electron chi connectivity index (χ4n) is 4.74. The predicted octanol–water partition coefficient (Wildman–Crippen LogP) is 4.01. The summed E-state index contributed by atoms with van der Waals surface area (Å²) in [5.41, 5.74) is 2.95. The molecule has 0 bridgehead atoms. The van der Waals surface area contributed by atoms with Crippen LogP contribution in [-0.2, 0) is 13.0 Å². The van der Waals surface area contributed by atoms with Crippen molar-refractivity contribution in [3.8, 4) is 11.4 Å². The Kier molecular flexibility index (Phi) is 5.94. The number of nitrogens with zero attached hydrogens (tertiary/aromatic N) is 4. The number of halogens is 1. The Morgan fingerprint density at radius 2 is 1.42 bits per heavy atom. The molecule has 2 aromatic carbocycles. The molecule has 0 radical (unpaired) electrons. The number of benzene rings is 2. The minimum atomic E-state index is -0.291. The van der Waals surface area contributed by atoms with Gasteiger partial charge in [-0.2, -0.15) is 0 Å². The minimum absolute atomic E-state index is 0.00264. The summed E-state index contributed by atoms with van der Waals surface area (Å²) in [5, 5.41) is 0. The van der Waals surface area contributed by atoms with Crippen molar-refractivity contribution in [2.24, 2.45) is 0 Å². The Hall–Kier alpha value is -3.48. The van der Waals surface area contributed by atoms with Gasteiger partial charge in [-0.3, -0.25) is 9.59 Å². The van der Waals surface area contributed by atoms with Gasteiger partial charge in [-0.15, -0.1) is 0 Å². The molecule has 6 nitrogen and oxygen atoms in total. The Morgan fingerprint density at radius 1 is 0.758 bits per heavy atom. The van der Waals surface area contributed by atoms with Crippen LogP contribution in [-0.4, -0.2) is 57.3 Å². The third kappa shape index (κ3) is 4.27. The van der Waals surface area contributed by atoms with E-state index in [4.69, 9.17) is 4.98 Å². The zero-order valence-electron chi connectivity index (χ0n) is 18.5. The molecule has 0 aliphatic carbocycles. The molecule has 3 aromatic rings. The first-order valence-corrected chi connectivity index (χ1v) is 11.6. The Morgan fingerprint density at radius 3 is 2.12 bits per heavy atom. The fraction of sp³-hybridized carbons (Fsp3) is 0.346. The van der Waals surface area contributed by atoms with E-state index in [1.165, 1.54) is 12.1 Å². The van der Waals surface area contributed by atoms with E-state index in [1.807, 2.05) is 30.3 Å². The van der Waals surface area contributed by atoms with Crippen LogP contribution in [0.4, 0.5) is 4.39 Å². The zero-order chi connectivity index (χ0) is 22.8. The molecule has 3 heterocycles. The van der Waals surface area contributed by atoms with Crippen LogP contribution in [0, 0.1) is 5.82 Å². The number of carbonyl (C=O) groups is 2. The van der Waals surface area contributed by atoms with E-state index in [2.05, 4.69) is 4.57 Å². The maximum atomic E-state index is 13.5. The molecular weight excluding hydrogens is 419 g/mol. The van der Waals surface area contributed by atoms with Crippen LogP contribution >= 0.6 is 0 Å². The topological polar surface area (TPSA) is 58.4 Å². The standard InChI is InChI=1S/C26H27FN4O2/c27-21-12-10-19(11-13-21)24-28-23(22-9-5-2-6-14-31(22)24)26(33)30-17-15-29(16-18-30)25(32)20-7-3-1-4-8-20/h1,3-4,7-8,10-13H,2,5-6,9,14-18H2. The maximum Gasteiger partial charge on any atom is 0.274 e. The molecule has 2 amide bonds. The fourth-order valence-corrected chi connectivity index (χ4v) is 4.74. The van der Waals surface area contributed by atoms with Gasteiger partial charge in [-0.25, -0.2) is 9.37 Å². The SMILES string of the molecule is O=C(c1ccccc1)N1CCN(C(=O)c2nc(-c3ccc(F)cc3)n3c2CCCCC3)CC1. The number of carbonyl (C=O) groups excluding carboxylic acids is 2. The van der Waals surface area contributed by atoms with Gasteiger partial charge in [0.1, 0.15) is 17.3 Å². The summed E-state index contributed by atoms with van der Waals surface area (Å²) < 4.78 is 15.6. The number of fused-ring (bicyclic) bond motifs is 1. The Bertz CT molecular complexity index is 1150. The highest BCUT2D eigenvalue weighted by Gasteiger charge is 2.30. The Labute approximate surface area is 192 Å². The second-order valence-electron chi connectivity index (χ2n) is 8.65. The summed E-state index contributed by atoms with van der Waals surface area (Å²) in [6.07, 6.45) is 3.97. The molecule has 0 saturated carbocycles. The lowest BCUT2D eigenvalue weighted by molar-refractivity contribution is 0.0532. The first kappa shape index (κ1) is 21.4. The number of piperazine rings is 1. The van der Waals surface area contributed by atoms with Crippen molar-refractivity contribution in [2.45, 2.75) is 32.2 Å². The van der Waals surface area contributed by atoms with Crippen LogP contribution in [0.5, 0.6) is 0 Å². The van der Waals surface area contributed by atoms with Crippen molar-refractivity contribution in [3.05, 3.63) is 77.4 Å². The van der Waals surface area contributed by atoms with Crippen LogP contribution < -0.4 is 0 Å². The molecule has 5 rings (SSSR count). The molecular formula is C26H27FN4O2. The number of aromatic nitrogens is 2. The first-order chi connectivity index (χ1) is 16.1. The lowest BCUT2D eigenvalue weighted by Crippen LogP contribution is -2.50. The summed E-state index contributed by atoms with van der Waals surface area (Å²) in [6, 6.07) is 15.5. The van der Waals surface area contributed by atoms with E-state index in [0.29, 0.717) is 37.4 Å². The molecule has 2 aliphatic rings. The molecule has 1 aromatic heterocycles. The Balaban J connectivity index is 1.37. The van der Waals surface area contributed by atoms with Gasteiger partial charge in [0.25, 0.3) is 11.8 Å². The van der Waals surface area contributed by atoms with Gasteiger partial charge >= 0.3 is 0 Å². The van der Waals surface area contributed by atoms with Crippen molar-refractivity contribution in [1.29, 1.82) is 0 Å². The second-order valence-corrected chi connectivity index (χ2v) is 8.65. The zero-order valence-corrected chi connectivity index (χ0v) is 18.5. The summed E-state index contributed by atoms with van der Waals surface area (Å²) in [6.45, 7) is 2.77. The number of imidazole rings is 1. The van der Waals surface area contributed by atoms with Gasteiger partial charge in [0, 0.05) is 43.9 Å². The van der Waals surface area contributed by atoms with E-state index in [9.17, 15) is 14.0 Å². The lowest BCUT2D eigenvalue weighted by atomic mass is 10.1. The third-order valence-corrected chi connectivity index (χ3v) is 6.55. The molecule has 0 N–H and O–H groups in total. The quantitative estimate of drug-likeness (QED) is 0.611. The van der Waals surface area contributed by atoms with Gasteiger partial charge in [0.05, 0.1) is 5.69 Å². The normalized spacial score (nSPS) is 16.3. The third-order valence-electron chi connectivity index (χ3n) is 6.55. The highest BCUT2D eigenvalue weighted by Crippen LogP contribution is 2.28. The van der Waals surface area contributed by atoms with Crippen molar-refractivity contribution in [1.82, 2.24) is 19.4 Å². The summed E-state index contributed by atoms with van der Waals surface area (Å²) >= 11 is 0. The molecule has 0 atom stereocenters. The van der Waals surface area contributed by atoms with Crippen LogP contribution in [0.25, 0.3) is 11.4 Å². The van der Waals surface area contributed by atoms with E-state index in [-0.39, 0.29) is 17.6 Å². The number of hydrogen-bond acceptors (Lipinski definition) is 3. The molecule has 170 valence electrons. The molecule has 1 fully saturated rings. The van der Waals surface area contributed by atoms with Gasteiger partial charge in [0.2, 0.25) is 0 Å². The van der Waals surface area contributed by atoms with Crippen LogP contribution in [0.15, 0.2) is 54.6 Å². The number of hydrogen-bond donors (Lipinski definition) is 0. The number of amides is 2. The molecule has 33 heavy (non-hydrogen) atoms. The molecule has 7 heteroatoms. The average molecular weight is 447 g/mol. The van der Waals surface area contributed by atoms with E-state index in [0.717, 1.165) is 49.3 Å². The van der Waals surface area contributed by atoms with Crippen LogP contribution in [0.3, 0.4) is 0 Å². The lowest BCUT2D eigenvalue weighted by Gasteiger charge is -2.34. The van der Waals surface area contributed by atoms with Gasteiger partial charge in [-0.05, 0) is 55.7 Å². The smallest absolute Gasteiger partial charge is 0.274 e. The van der Waals surface area contributed by atoms with Crippen molar-refractivity contribution < 1.29 is 14.0 Å². The monoisotopic (exact) mass is 446 g/mol. The van der Waals surface area contributed by atoms with Crippen LogP contribution in [0.2, 0.25) is 0 Å².